The lowest BCUT2D eigenvalue weighted by Gasteiger charge is -2.31. The number of hydrogen-bond donors (Lipinski definition) is 1. The van der Waals surface area contributed by atoms with Crippen LogP contribution in [-0.2, 0) is 35.3 Å². The molecule has 0 spiro atoms. The Morgan fingerprint density at radius 1 is 1.15 bits per heavy atom. The standard InChI is InChI=1S/C20H21F6N5O2/c1-10(32)29(2)18-16-9-30(3-4-31(16)19(28-18)20(24,25)26)17(33)7-12(27)5-11-6-14(22)15(23)8-13(11)21/h6,8,12H,3-5,7,9,27H2,1-2H3. The van der Waals surface area contributed by atoms with Gasteiger partial charge in [0, 0.05) is 45.6 Å². The Labute approximate surface area is 184 Å². The average molecular weight is 477 g/mol. The number of rotatable bonds is 5. The normalized spacial score (nSPS) is 14.8. The topological polar surface area (TPSA) is 84.5 Å². The van der Waals surface area contributed by atoms with Gasteiger partial charge in [-0.3, -0.25) is 14.5 Å². The van der Waals surface area contributed by atoms with E-state index in [0.29, 0.717) is 12.1 Å². The van der Waals surface area contributed by atoms with E-state index < -0.39 is 47.3 Å². The van der Waals surface area contributed by atoms with Crippen molar-refractivity contribution in [3.05, 3.63) is 46.7 Å². The fourth-order valence-corrected chi connectivity index (χ4v) is 3.63. The first-order chi connectivity index (χ1) is 15.3. The molecule has 2 aromatic rings. The highest BCUT2D eigenvalue weighted by atomic mass is 19.4. The van der Waals surface area contributed by atoms with E-state index in [-0.39, 0.29) is 49.6 Å². The third-order valence-electron chi connectivity index (χ3n) is 5.39. The van der Waals surface area contributed by atoms with Gasteiger partial charge in [-0.05, 0) is 18.1 Å². The maximum absolute atomic E-state index is 13.8. The van der Waals surface area contributed by atoms with Crippen molar-refractivity contribution >= 4 is 17.6 Å². The number of halogens is 6. The summed E-state index contributed by atoms with van der Waals surface area (Å²) in [5.41, 5.74) is 5.73. The number of hydrogen-bond acceptors (Lipinski definition) is 4. The van der Waals surface area contributed by atoms with E-state index in [1.54, 1.807) is 0 Å². The molecule has 1 aliphatic heterocycles. The van der Waals surface area contributed by atoms with Gasteiger partial charge in [-0.15, -0.1) is 0 Å². The van der Waals surface area contributed by atoms with Gasteiger partial charge in [-0.1, -0.05) is 0 Å². The van der Waals surface area contributed by atoms with Crippen LogP contribution in [0, 0.1) is 17.5 Å². The van der Waals surface area contributed by atoms with Gasteiger partial charge in [0.05, 0.1) is 12.2 Å². The number of nitrogens with zero attached hydrogens (tertiary/aromatic N) is 4. The molecule has 1 aromatic heterocycles. The second-order valence-electron chi connectivity index (χ2n) is 7.77. The lowest BCUT2D eigenvalue weighted by Crippen LogP contribution is -2.42. The number of fused-ring (bicyclic) bond motifs is 1. The first-order valence-electron chi connectivity index (χ1n) is 9.87. The fraction of sp³-hybridized carbons (Fsp3) is 0.450. The second kappa shape index (κ2) is 9.04. The van der Waals surface area contributed by atoms with Crippen LogP contribution in [0.1, 0.15) is 30.4 Å². The molecule has 13 heteroatoms. The average Bonchev–Trinajstić information content (AvgIpc) is 3.10. The van der Waals surface area contributed by atoms with Crippen molar-refractivity contribution in [3.8, 4) is 0 Å². The SMILES string of the molecule is CC(=O)N(C)c1nc(C(F)(F)F)n2c1CN(C(=O)CC(N)Cc1cc(F)c(F)cc1F)CC2. The van der Waals surface area contributed by atoms with Crippen LogP contribution in [-0.4, -0.2) is 45.9 Å². The molecule has 180 valence electrons. The van der Waals surface area contributed by atoms with Crippen LogP contribution < -0.4 is 10.6 Å². The molecular formula is C20H21F6N5O2. The van der Waals surface area contributed by atoms with Crippen LogP contribution in [0.15, 0.2) is 12.1 Å². The van der Waals surface area contributed by atoms with Crippen molar-refractivity contribution in [1.29, 1.82) is 0 Å². The molecule has 1 aliphatic rings. The van der Waals surface area contributed by atoms with Crippen molar-refractivity contribution in [2.24, 2.45) is 5.73 Å². The zero-order chi connectivity index (χ0) is 24.7. The largest absolute Gasteiger partial charge is 0.449 e. The number of aromatic nitrogens is 2. The Hall–Kier alpha value is -3.09. The van der Waals surface area contributed by atoms with Crippen LogP contribution >= 0.6 is 0 Å². The number of alkyl halides is 3. The first-order valence-corrected chi connectivity index (χ1v) is 9.87. The minimum Gasteiger partial charge on any atom is -0.335 e. The van der Waals surface area contributed by atoms with Crippen LogP contribution in [0.3, 0.4) is 0 Å². The molecule has 2 heterocycles. The minimum atomic E-state index is -4.76. The molecule has 1 aromatic carbocycles. The predicted molar refractivity (Wildman–Crippen MR) is 104 cm³/mol. The lowest BCUT2D eigenvalue weighted by atomic mass is 10.0. The molecule has 2 amide bonds. The maximum atomic E-state index is 13.8. The van der Waals surface area contributed by atoms with Crippen LogP contribution in [0.2, 0.25) is 0 Å². The van der Waals surface area contributed by atoms with E-state index in [0.717, 1.165) is 9.47 Å². The summed E-state index contributed by atoms with van der Waals surface area (Å²) in [4.78, 5) is 30.2. The van der Waals surface area contributed by atoms with Gasteiger partial charge in [0.25, 0.3) is 0 Å². The number of nitrogens with two attached hydrogens (primary N) is 1. The van der Waals surface area contributed by atoms with Crippen molar-refractivity contribution in [3.63, 3.8) is 0 Å². The molecule has 0 aliphatic carbocycles. The van der Waals surface area contributed by atoms with E-state index in [9.17, 15) is 35.9 Å². The Balaban J connectivity index is 1.77. The third kappa shape index (κ3) is 5.13. The molecule has 0 bridgehead atoms. The lowest BCUT2D eigenvalue weighted by molar-refractivity contribution is -0.148. The molecule has 3 rings (SSSR count). The first kappa shape index (κ1) is 24.6. The number of imidazole rings is 1. The summed E-state index contributed by atoms with van der Waals surface area (Å²) in [5.74, 6) is -6.05. The molecule has 1 unspecified atom stereocenters. The number of benzene rings is 1. The highest BCUT2D eigenvalue weighted by molar-refractivity contribution is 5.90. The van der Waals surface area contributed by atoms with Crippen molar-refractivity contribution in [2.45, 2.75) is 45.1 Å². The van der Waals surface area contributed by atoms with Crippen LogP contribution in [0.4, 0.5) is 32.2 Å². The van der Waals surface area contributed by atoms with Gasteiger partial charge in [0.15, 0.2) is 17.5 Å². The number of carbonyl (C=O) groups excluding carboxylic acids is 2. The van der Waals surface area contributed by atoms with Crippen molar-refractivity contribution in [1.82, 2.24) is 14.5 Å². The smallest absolute Gasteiger partial charge is 0.335 e. The molecule has 7 nitrogen and oxygen atoms in total. The zero-order valence-corrected chi connectivity index (χ0v) is 17.7. The second-order valence-corrected chi connectivity index (χ2v) is 7.77. The molecule has 33 heavy (non-hydrogen) atoms. The van der Waals surface area contributed by atoms with Crippen LogP contribution in [0.25, 0.3) is 0 Å². The Bertz CT molecular complexity index is 1080. The van der Waals surface area contributed by atoms with E-state index in [1.807, 2.05) is 0 Å². The van der Waals surface area contributed by atoms with E-state index >= 15 is 0 Å². The van der Waals surface area contributed by atoms with Crippen molar-refractivity contribution in [2.75, 3.05) is 18.5 Å². The third-order valence-corrected chi connectivity index (χ3v) is 5.39. The molecular weight excluding hydrogens is 456 g/mol. The Kier molecular flexibility index (Phi) is 6.73. The number of amides is 2. The molecule has 0 fully saturated rings. The summed E-state index contributed by atoms with van der Waals surface area (Å²) < 4.78 is 81.4. The summed E-state index contributed by atoms with van der Waals surface area (Å²) in [6.45, 7) is 0.644. The van der Waals surface area contributed by atoms with E-state index in [4.69, 9.17) is 5.73 Å². The summed E-state index contributed by atoms with van der Waals surface area (Å²) >= 11 is 0. The number of anilines is 1. The van der Waals surface area contributed by atoms with E-state index in [1.165, 1.54) is 18.9 Å². The minimum absolute atomic E-state index is 0.0415. The highest BCUT2D eigenvalue weighted by Gasteiger charge is 2.41. The summed E-state index contributed by atoms with van der Waals surface area (Å²) in [6.07, 6.45) is -5.32. The molecule has 0 saturated heterocycles. The predicted octanol–water partition coefficient (Wildman–Crippen LogP) is 2.60. The maximum Gasteiger partial charge on any atom is 0.449 e. The molecule has 1 atom stereocenters. The summed E-state index contributed by atoms with van der Waals surface area (Å²) in [5, 5.41) is 0. The van der Waals surface area contributed by atoms with Gasteiger partial charge in [0.1, 0.15) is 5.82 Å². The zero-order valence-electron chi connectivity index (χ0n) is 17.7. The highest BCUT2D eigenvalue weighted by Crippen LogP contribution is 2.35. The molecule has 2 N–H and O–H groups in total. The van der Waals surface area contributed by atoms with Gasteiger partial charge in [0.2, 0.25) is 17.6 Å². The summed E-state index contributed by atoms with van der Waals surface area (Å²) in [7, 11) is 1.28. The fourth-order valence-electron chi connectivity index (χ4n) is 3.63. The van der Waals surface area contributed by atoms with Crippen LogP contribution in [0.5, 0.6) is 0 Å². The Morgan fingerprint density at radius 2 is 1.79 bits per heavy atom. The molecule has 0 saturated carbocycles. The quantitative estimate of drug-likeness (QED) is 0.530. The van der Waals surface area contributed by atoms with Crippen molar-refractivity contribution < 1.29 is 35.9 Å². The van der Waals surface area contributed by atoms with E-state index in [2.05, 4.69) is 4.98 Å². The van der Waals surface area contributed by atoms with Gasteiger partial charge >= 0.3 is 6.18 Å². The monoisotopic (exact) mass is 477 g/mol. The van der Waals surface area contributed by atoms with Gasteiger partial charge in [-0.2, -0.15) is 13.2 Å². The number of carbonyl (C=O) groups is 2. The van der Waals surface area contributed by atoms with Gasteiger partial charge in [-0.25, -0.2) is 18.2 Å². The Morgan fingerprint density at radius 3 is 2.39 bits per heavy atom. The molecule has 0 radical (unpaired) electrons. The van der Waals surface area contributed by atoms with Gasteiger partial charge < -0.3 is 15.2 Å². The summed E-state index contributed by atoms with van der Waals surface area (Å²) in [6, 6.07) is 0.0987.